The van der Waals surface area contributed by atoms with Gasteiger partial charge in [0.15, 0.2) is 5.17 Å². The highest BCUT2D eigenvalue weighted by atomic mass is 35.5. The summed E-state index contributed by atoms with van der Waals surface area (Å²) in [7, 11) is 1.61. The SMILES string of the molecule is C=C(OCc1ccc(OC)cc1)C(=N)Cl. The highest BCUT2D eigenvalue weighted by Crippen LogP contribution is 2.13. The molecular weight excluding hydrogens is 214 g/mol. The Morgan fingerprint density at radius 2 is 2.00 bits per heavy atom. The van der Waals surface area contributed by atoms with E-state index in [9.17, 15) is 0 Å². The van der Waals surface area contributed by atoms with Gasteiger partial charge in [0.2, 0.25) is 0 Å². The van der Waals surface area contributed by atoms with E-state index in [1.54, 1.807) is 7.11 Å². The first-order chi connectivity index (χ1) is 7.13. The van der Waals surface area contributed by atoms with Crippen LogP contribution in [-0.4, -0.2) is 12.3 Å². The van der Waals surface area contributed by atoms with Gasteiger partial charge >= 0.3 is 0 Å². The van der Waals surface area contributed by atoms with Crippen molar-refractivity contribution in [3.63, 3.8) is 0 Å². The summed E-state index contributed by atoms with van der Waals surface area (Å²) in [5.41, 5.74) is 0.967. The number of nitrogens with one attached hydrogen (secondary N) is 1. The summed E-state index contributed by atoms with van der Waals surface area (Å²) in [6, 6.07) is 7.44. The third-order valence-electron chi connectivity index (χ3n) is 1.82. The molecule has 1 aromatic rings. The first kappa shape index (κ1) is 11.6. The summed E-state index contributed by atoms with van der Waals surface area (Å²) in [5.74, 6) is 0.968. The second kappa shape index (κ2) is 5.41. The zero-order valence-corrected chi connectivity index (χ0v) is 9.17. The highest BCUT2D eigenvalue weighted by molar-refractivity contribution is 6.68. The Hall–Kier alpha value is -1.48. The molecule has 0 aliphatic carbocycles. The molecule has 0 aliphatic rings. The smallest absolute Gasteiger partial charge is 0.162 e. The Balaban J connectivity index is 2.51. The van der Waals surface area contributed by atoms with Crippen LogP contribution in [0.15, 0.2) is 36.6 Å². The fraction of sp³-hybridized carbons (Fsp3) is 0.182. The van der Waals surface area contributed by atoms with E-state index in [1.807, 2.05) is 24.3 Å². The second-order valence-corrected chi connectivity index (χ2v) is 3.25. The normalized spacial score (nSPS) is 9.47. The number of ether oxygens (including phenoxy) is 2. The molecule has 1 N–H and O–H groups in total. The summed E-state index contributed by atoms with van der Waals surface area (Å²) in [6.07, 6.45) is 0. The lowest BCUT2D eigenvalue weighted by Gasteiger charge is -2.07. The van der Waals surface area contributed by atoms with Crippen molar-refractivity contribution < 1.29 is 9.47 Å². The summed E-state index contributed by atoms with van der Waals surface area (Å²) >= 11 is 5.38. The maximum absolute atomic E-state index is 7.05. The van der Waals surface area contributed by atoms with E-state index in [-0.39, 0.29) is 10.9 Å². The predicted molar refractivity (Wildman–Crippen MR) is 60.5 cm³/mol. The maximum atomic E-state index is 7.05. The summed E-state index contributed by atoms with van der Waals surface area (Å²) < 4.78 is 10.2. The van der Waals surface area contributed by atoms with Gasteiger partial charge in [0.05, 0.1) is 7.11 Å². The van der Waals surface area contributed by atoms with Crippen LogP contribution in [0.3, 0.4) is 0 Å². The molecule has 4 heteroatoms. The zero-order chi connectivity index (χ0) is 11.3. The molecule has 0 spiro atoms. The van der Waals surface area contributed by atoms with Crippen LogP contribution in [0.4, 0.5) is 0 Å². The van der Waals surface area contributed by atoms with Crippen LogP contribution in [-0.2, 0) is 11.3 Å². The second-order valence-electron chi connectivity index (χ2n) is 2.87. The maximum Gasteiger partial charge on any atom is 0.162 e. The molecule has 0 amide bonds. The van der Waals surface area contributed by atoms with Crippen molar-refractivity contribution in [3.8, 4) is 5.75 Å². The van der Waals surface area contributed by atoms with Crippen LogP contribution in [0, 0.1) is 5.41 Å². The predicted octanol–water partition coefficient (Wildman–Crippen LogP) is 2.94. The average molecular weight is 226 g/mol. The first-order valence-electron chi connectivity index (χ1n) is 4.32. The molecule has 0 atom stereocenters. The number of methoxy groups -OCH3 is 1. The van der Waals surface area contributed by atoms with Crippen molar-refractivity contribution in [2.24, 2.45) is 0 Å². The van der Waals surface area contributed by atoms with Gasteiger partial charge in [-0.2, -0.15) is 0 Å². The number of benzene rings is 1. The number of hydrogen-bond donors (Lipinski definition) is 1. The number of rotatable bonds is 5. The lowest BCUT2D eigenvalue weighted by molar-refractivity contribution is 0.220. The average Bonchev–Trinajstić information content (AvgIpc) is 2.26. The van der Waals surface area contributed by atoms with E-state index in [4.69, 9.17) is 26.5 Å². The van der Waals surface area contributed by atoms with E-state index < -0.39 is 0 Å². The zero-order valence-electron chi connectivity index (χ0n) is 8.42. The minimum absolute atomic E-state index is 0.174. The Bertz CT molecular complexity index is 359. The van der Waals surface area contributed by atoms with Crippen molar-refractivity contribution >= 4 is 16.8 Å². The molecule has 1 rings (SSSR count). The van der Waals surface area contributed by atoms with Crippen molar-refractivity contribution in [2.45, 2.75) is 6.61 Å². The van der Waals surface area contributed by atoms with E-state index >= 15 is 0 Å². The minimum atomic E-state index is -0.177. The molecule has 0 heterocycles. The summed E-state index contributed by atoms with van der Waals surface area (Å²) in [5, 5.41) is 6.87. The Labute approximate surface area is 93.8 Å². The van der Waals surface area contributed by atoms with Crippen LogP contribution >= 0.6 is 11.6 Å². The monoisotopic (exact) mass is 225 g/mol. The molecule has 0 saturated heterocycles. The first-order valence-corrected chi connectivity index (χ1v) is 4.70. The van der Waals surface area contributed by atoms with Gasteiger partial charge in [-0.05, 0) is 17.7 Å². The molecule has 0 saturated carbocycles. The van der Waals surface area contributed by atoms with Gasteiger partial charge in [0.25, 0.3) is 0 Å². The number of allylic oxidation sites excluding steroid dienone is 1. The van der Waals surface area contributed by atoms with Crippen LogP contribution in [0.1, 0.15) is 5.56 Å². The van der Waals surface area contributed by atoms with E-state index in [1.165, 1.54) is 0 Å². The van der Waals surface area contributed by atoms with Gasteiger partial charge in [0.1, 0.15) is 18.1 Å². The fourth-order valence-electron chi connectivity index (χ4n) is 0.956. The summed E-state index contributed by atoms with van der Waals surface area (Å²) in [4.78, 5) is 0. The molecule has 0 radical (unpaired) electrons. The Morgan fingerprint density at radius 1 is 1.40 bits per heavy atom. The molecule has 15 heavy (non-hydrogen) atoms. The van der Waals surface area contributed by atoms with Crippen LogP contribution in [0.25, 0.3) is 0 Å². The molecule has 0 bridgehead atoms. The lowest BCUT2D eigenvalue weighted by atomic mass is 10.2. The molecule has 3 nitrogen and oxygen atoms in total. The molecular formula is C11H12ClNO2. The van der Waals surface area contributed by atoms with Crippen molar-refractivity contribution in [3.05, 3.63) is 42.2 Å². The van der Waals surface area contributed by atoms with E-state index in [2.05, 4.69) is 6.58 Å². The molecule has 0 unspecified atom stereocenters. The highest BCUT2D eigenvalue weighted by Gasteiger charge is 2.00. The molecule has 80 valence electrons. The van der Waals surface area contributed by atoms with Gasteiger partial charge in [-0.25, -0.2) is 0 Å². The van der Waals surface area contributed by atoms with Crippen molar-refractivity contribution in [1.82, 2.24) is 0 Å². The van der Waals surface area contributed by atoms with Crippen molar-refractivity contribution in [1.29, 1.82) is 5.41 Å². The lowest BCUT2D eigenvalue weighted by Crippen LogP contribution is -1.97. The molecule has 0 aromatic heterocycles. The van der Waals surface area contributed by atoms with Crippen LogP contribution in [0.5, 0.6) is 5.75 Å². The van der Waals surface area contributed by atoms with Gasteiger partial charge in [-0.3, -0.25) is 5.41 Å². The van der Waals surface area contributed by atoms with E-state index in [0.717, 1.165) is 11.3 Å². The third-order valence-corrected chi connectivity index (χ3v) is 2.03. The Morgan fingerprint density at radius 3 is 2.47 bits per heavy atom. The standard InChI is InChI=1S/C11H12ClNO2/c1-8(11(12)13)15-7-9-3-5-10(14-2)6-4-9/h3-6,13H,1,7H2,2H3. The topological polar surface area (TPSA) is 42.3 Å². The molecule has 1 aromatic carbocycles. The number of hydrogen-bond acceptors (Lipinski definition) is 3. The van der Waals surface area contributed by atoms with E-state index in [0.29, 0.717) is 6.61 Å². The van der Waals surface area contributed by atoms with Crippen LogP contribution in [0.2, 0.25) is 0 Å². The van der Waals surface area contributed by atoms with Gasteiger partial charge in [-0.15, -0.1) is 0 Å². The van der Waals surface area contributed by atoms with Crippen molar-refractivity contribution in [2.75, 3.05) is 7.11 Å². The molecule has 0 fully saturated rings. The number of halogens is 1. The van der Waals surface area contributed by atoms with Crippen LogP contribution < -0.4 is 4.74 Å². The molecule has 0 aliphatic heterocycles. The third kappa shape index (κ3) is 3.64. The van der Waals surface area contributed by atoms with Gasteiger partial charge in [0, 0.05) is 0 Å². The quantitative estimate of drug-likeness (QED) is 0.619. The largest absolute Gasteiger partial charge is 0.497 e. The van der Waals surface area contributed by atoms with Gasteiger partial charge < -0.3 is 9.47 Å². The van der Waals surface area contributed by atoms with Gasteiger partial charge in [-0.1, -0.05) is 30.3 Å². The fourth-order valence-corrected chi connectivity index (χ4v) is 1.01. The summed E-state index contributed by atoms with van der Waals surface area (Å²) in [6.45, 7) is 3.84. The minimum Gasteiger partial charge on any atom is -0.497 e. The Kier molecular flexibility index (Phi) is 4.18.